The van der Waals surface area contributed by atoms with Gasteiger partial charge in [-0.3, -0.25) is 9.59 Å². The third-order valence-electron chi connectivity index (χ3n) is 4.64. The molecular formula is C21H26N4O7S. The van der Waals surface area contributed by atoms with Crippen molar-refractivity contribution < 1.29 is 32.6 Å². The van der Waals surface area contributed by atoms with Gasteiger partial charge in [0.1, 0.15) is 22.2 Å². The summed E-state index contributed by atoms with van der Waals surface area (Å²) in [7, 11) is -1.36. The number of carbonyl (C=O) groups excluding carboxylic acids is 3. The zero-order valence-corrected chi connectivity index (χ0v) is 19.9. The van der Waals surface area contributed by atoms with Gasteiger partial charge in [-0.1, -0.05) is 5.10 Å². The molecule has 1 saturated heterocycles. The van der Waals surface area contributed by atoms with Crippen molar-refractivity contribution in [1.82, 2.24) is 20.6 Å². The first-order valence-electron chi connectivity index (χ1n) is 10.2. The van der Waals surface area contributed by atoms with E-state index in [-0.39, 0.29) is 24.0 Å². The van der Waals surface area contributed by atoms with Gasteiger partial charge in [0.2, 0.25) is 5.89 Å². The standard InChI is InChI=1S/C21H26N4O7S/c1-20(2,22-18(28)32-25-15(26)10-11-16(25)27)12-21(3,4)31-14-8-6-13(7-9-14)17-23-24-19(30-17)33(5)29/h6-9H,10-12H2,1-5H3,(H,22,28). The predicted octanol–water partition coefficient (Wildman–Crippen LogP) is 2.59. The number of ether oxygens (including phenoxy) is 1. The second-order valence-corrected chi connectivity index (χ2v) is 10.1. The quantitative estimate of drug-likeness (QED) is 0.567. The van der Waals surface area contributed by atoms with E-state index in [4.69, 9.17) is 14.0 Å². The van der Waals surface area contributed by atoms with Crippen molar-refractivity contribution in [3.8, 4) is 17.2 Å². The van der Waals surface area contributed by atoms with Gasteiger partial charge in [-0.25, -0.2) is 9.00 Å². The number of rotatable bonds is 8. The van der Waals surface area contributed by atoms with Crippen molar-refractivity contribution >= 4 is 28.7 Å². The van der Waals surface area contributed by atoms with Crippen molar-refractivity contribution in [1.29, 1.82) is 0 Å². The van der Waals surface area contributed by atoms with Crippen LogP contribution in [0.1, 0.15) is 47.0 Å². The Labute approximate surface area is 193 Å². The number of nitrogens with one attached hydrogen (secondary N) is 1. The first-order chi connectivity index (χ1) is 15.3. The Hall–Kier alpha value is -3.28. The van der Waals surface area contributed by atoms with Crippen LogP contribution >= 0.6 is 0 Å². The van der Waals surface area contributed by atoms with Gasteiger partial charge in [0.25, 0.3) is 11.8 Å². The van der Waals surface area contributed by atoms with E-state index in [0.29, 0.717) is 22.8 Å². The predicted molar refractivity (Wildman–Crippen MR) is 116 cm³/mol. The highest BCUT2D eigenvalue weighted by Gasteiger charge is 2.36. The van der Waals surface area contributed by atoms with Crippen LogP contribution in [0.2, 0.25) is 0 Å². The van der Waals surface area contributed by atoms with Crippen molar-refractivity contribution in [3.05, 3.63) is 24.3 Å². The minimum atomic E-state index is -1.36. The molecule has 33 heavy (non-hydrogen) atoms. The molecule has 0 radical (unpaired) electrons. The maximum absolute atomic E-state index is 12.2. The molecule has 1 atom stereocenters. The van der Waals surface area contributed by atoms with E-state index in [2.05, 4.69) is 15.5 Å². The maximum Gasteiger partial charge on any atom is 0.432 e. The van der Waals surface area contributed by atoms with Crippen LogP contribution in [-0.2, 0) is 25.2 Å². The summed E-state index contributed by atoms with van der Waals surface area (Å²) in [5.41, 5.74) is -0.823. The fourth-order valence-corrected chi connectivity index (χ4v) is 3.96. The number of benzene rings is 1. The summed E-state index contributed by atoms with van der Waals surface area (Å²) in [5, 5.41) is 10.9. The molecule has 0 bridgehead atoms. The molecule has 12 heteroatoms. The Bertz CT molecular complexity index is 1060. The molecule has 1 unspecified atom stereocenters. The largest absolute Gasteiger partial charge is 0.488 e. The molecule has 3 rings (SSSR count). The number of nitrogens with zero attached hydrogens (tertiary/aromatic N) is 3. The number of hydroxylamine groups is 2. The number of imide groups is 1. The molecule has 0 aliphatic carbocycles. The zero-order valence-electron chi connectivity index (χ0n) is 19.0. The highest BCUT2D eigenvalue weighted by molar-refractivity contribution is 7.84. The van der Waals surface area contributed by atoms with Gasteiger partial charge in [-0.2, -0.15) is 0 Å². The molecule has 1 N–H and O–H groups in total. The SMILES string of the molecule is CS(=O)c1nnc(-c2ccc(OC(C)(C)CC(C)(C)NC(=O)ON3C(=O)CCC3=O)cc2)o1. The topological polar surface area (TPSA) is 141 Å². The average Bonchev–Trinajstić information content (AvgIpc) is 3.30. The van der Waals surface area contributed by atoms with Crippen LogP contribution < -0.4 is 10.1 Å². The van der Waals surface area contributed by atoms with Crippen LogP contribution in [0.4, 0.5) is 4.79 Å². The normalized spacial score (nSPS) is 15.5. The minimum absolute atomic E-state index is 0.0287. The van der Waals surface area contributed by atoms with Gasteiger partial charge in [0.15, 0.2) is 0 Å². The molecule has 11 nitrogen and oxygen atoms in total. The lowest BCUT2D eigenvalue weighted by Gasteiger charge is -2.35. The Morgan fingerprint density at radius 2 is 1.73 bits per heavy atom. The van der Waals surface area contributed by atoms with Crippen LogP contribution in [0, 0.1) is 0 Å². The monoisotopic (exact) mass is 478 g/mol. The van der Waals surface area contributed by atoms with Gasteiger partial charge < -0.3 is 19.3 Å². The lowest BCUT2D eigenvalue weighted by Crippen LogP contribution is -2.51. The molecule has 2 aromatic rings. The van der Waals surface area contributed by atoms with E-state index in [9.17, 15) is 18.6 Å². The molecular weight excluding hydrogens is 452 g/mol. The molecule has 1 aromatic heterocycles. The number of hydrogen-bond acceptors (Lipinski definition) is 9. The molecule has 1 aromatic carbocycles. The molecule has 0 spiro atoms. The zero-order chi connectivity index (χ0) is 24.4. The van der Waals surface area contributed by atoms with Gasteiger partial charge in [0, 0.05) is 36.6 Å². The summed E-state index contributed by atoms with van der Waals surface area (Å²) in [4.78, 5) is 40.3. The molecule has 3 amide bonds. The summed E-state index contributed by atoms with van der Waals surface area (Å²) >= 11 is 0. The van der Waals surface area contributed by atoms with Crippen molar-refractivity contribution in [2.24, 2.45) is 0 Å². The first kappa shape index (κ1) is 24.4. The van der Waals surface area contributed by atoms with E-state index in [1.807, 2.05) is 13.8 Å². The van der Waals surface area contributed by atoms with Crippen LogP contribution in [0.15, 0.2) is 33.9 Å². The van der Waals surface area contributed by atoms with Crippen LogP contribution in [0.3, 0.4) is 0 Å². The van der Waals surface area contributed by atoms with Gasteiger partial charge in [0.05, 0.1) is 0 Å². The number of carbonyl (C=O) groups is 3. The summed E-state index contributed by atoms with van der Waals surface area (Å²) < 4.78 is 22.9. The van der Waals surface area contributed by atoms with E-state index < -0.39 is 39.8 Å². The molecule has 1 aliphatic rings. The van der Waals surface area contributed by atoms with Crippen molar-refractivity contribution in [2.45, 2.75) is 63.3 Å². The summed E-state index contributed by atoms with van der Waals surface area (Å²) in [6.45, 7) is 7.29. The fourth-order valence-electron chi connectivity index (χ4n) is 3.61. The van der Waals surface area contributed by atoms with E-state index in [0.717, 1.165) is 0 Å². The van der Waals surface area contributed by atoms with E-state index in [1.54, 1.807) is 38.1 Å². The van der Waals surface area contributed by atoms with E-state index >= 15 is 0 Å². The Balaban J connectivity index is 1.58. The smallest absolute Gasteiger partial charge is 0.432 e. The Kier molecular flexibility index (Phi) is 6.86. The van der Waals surface area contributed by atoms with Gasteiger partial charge in [-0.05, 0) is 52.0 Å². The summed E-state index contributed by atoms with van der Waals surface area (Å²) in [6.07, 6.45) is 1.00. The first-order valence-corrected chi connectivity index (χ1v) is 11.7. The molecule has 0 saturated carbocycles. The number of hydrogen-bond donors (Lipinski definition) is 1. The lowest BCUT2D eigenvalue weighted by molar-refractivity contribution is -0.172. The summed E-state index contributed by atoms with van der Waals surface area (Å²) in [5.74, 6) is -0.251. The number of aromatic nitrogens is 2. The molecule has 2 heterocycles. The third kappa shape index (κ3) is 6.37. The highest BCUT2D eigenvalue weighted by Crippen LogP contribution is 2.28. The second-order valence-electron chi connectivity index (χ2n) is 8.86. The van der Waals surface area contributed by atoms with E-state index in [1.165, 1.54) is 6.26 Å². The van der Waals surface area contributed by atoms with Crippen molar-refractivity contribution in [2.75, 3.05) is 6.26 Å². The van der Waals surface area contributed by atoms with Gasteiger partial charge >= 0.3 is 11.3 Å². The van der Waals surface area contributed by atoms with Crippen molar-refractivity contribution in [3.63, 3.8) is 0 Å². The van der Waals surface area contributed by atoms with Crippen LogP contribution in [-0.4, -0.2) is 54.8 Å². The molecule has 178 valence electrons. The lowest BCUT2D eigenvalue weighted by atomic mass is 9.89. The molecule has 1 fully saturated rings. The molecule has 1 aliphatic heterocycles. The summed E-state index contributed by atoms with van der Waals surface area (Å²) in [6, 6.07) is 6.96. The minimum Gasteiger partial charge on any atom is -0.488 e. The maximum atomic E-state index is 12.2. The second kappa shape index (κ2) is 9.30. The Morgan fingerprint density at radius 3 is 2.27 bits per heavy atom. The third-order valence-corrected chi connectivity index (χ3v) is 5.29. The van der Waals surface area contributed by atoms with Crippen LogP contribution in [0.25, 0.3) is 11.5 Å². The average molecular weight is 479 g/mol. The highest BCUT2D eigenvalue weighted by atomic mass is 32.2. The fraction of sp³-hybridized carbons (Fsp3) is 0.476. The number of amides is 3. The Morgan fingerprint density at radius 1 is 1.12 bits per heavy atom. The van der Waals surface area contributed by atoms with Gasteiger partial charge in [-0.15, -0.1) is 10.2 Å². The van der Waals surface area contributed by atoms with Crippen LogP contribution in [0.5, 0.6) is 5.75 Å².